The van der Waals surface area contributed by atoms with Gasteiger partial charge in [0.1, 0.15) is 11.4 Å². The Balaban J connectivity index is 1.83. The van der Waals surface area contributed by atoms with E-state index in [0.29, 0.717) is 10.2 Å². The Bertz CT molecular complexity index is 1120. The van der Waals surface area contributed by atoms with Crippen molar-refractivity contribution in [3.05, 3.63) is 64.5 Å². The van der Waals surface area contributed by atoms with Crippen LogP contribution in [0.1, 0.15) is 12.5 Å². The van der Waals surface area contributed by atoms with Gasteiger partial charge >= 0.3 is 5.97 Å². The van der Waals surface area contributed by atoms with Gasteiger partial charge in [-0.25, -0.2) is 4.98 Å². The Morgan fingerprint density at radius 2 is 2.07 bits per heavy atom. The molecule has 0 aliphatic rings. The third kappa shape index (κ3) is 4.60. The molecule has 1 N–H and O–H groups in total. The molecule has 2 heterocycles. The van der Waals surface area contributed by atoms with Crippen LogP contribution in [0.3, 0.4) is 0 Å². The van der Waals surface area contributed by atoms with Gasteiger partial charge in [-0.3, -0.25) is 19.0 Å². The molecule has 3 rings (SSSR count). The number of hydrogen-bond acceptors (Lipinski definition) is 6. The Morgan fingerprint density at radius 3 is 2.76 bits per heavy atom. The van der Waals surface area contributed by atoms with Gasteiger partial charge in [0.15, 0.2) is 6.10 Å². The molecule has 0 aliphatic heterocycles. The Labute approximate surface area is 171 Å². The summed E-state index contributed by atoms with van der Waals surface area (Å²) in [6, 6.07) is 7.85. The zero-order chi connectivity index (χ0) is 21.0. The molecular weight excluding hydrogens is 390 g/mol. The van der Waals surface area contributed by atoms with Crippen LogP contribution in [0.5, 0.6) is 0 Å². The summed E-state index contributed by atoms with van der Waals surface area (Å²) >= 11 is 1.38. The van der Waals surface area contributed by atoms with Gasteiger partial charge in [0, 0.05) is 17.5 Å². The van der Waals surface area contributed by atoms with E-state index in [1.165, 1.54) is 35.2 Å². The van der Waals surface area contributed by atoms with E-state index >= 15 is 0 Å². The van der Waals surface area contributed by atoms with Crippen LogP contribution in [-0.4, -0.2) is 34.1 Å². The van der Waals surface area contributed by atoms with Crippen LogP contribution in [0, 0.1) is 6.92 Å². The maximum atomic E-state index is 13.0. The SMILES string of the molecule is C=CCNC(=O)[C@H](C)OC(=O)Cn1cnc2scc(-c3ccc(C)cc3)c2c1=O. The largest absolute Gasteiger partial charge is 0.451 e. The molecule has 0 saturated carbocycles. The molecule has 0 fully saturated rings. The molecule has 3 aromatic rings. The molecule has 8 heteroatoms. The van der Waals surface area contributed by atoms with Crippen LogP contribution in [0.4, 0.5) is 0 Å². The summed E-state index contributed by atoms with van der Waals surface area (Å²) < 4.78 is 6.32. The molecule has 1 aromatic carbocycles. The molecule has 0 bridgehead atoms. The normalized spacial score (nSPS) is 11.8. The molecule has 0 spiro atoms. The lowest BCUT2D eigenvalue weighted by atomic mass is 10.1. The fourth-order valence-electron chi connectivity index (χ4n) is 2.77. The number of rotatable bonds is 7. The van der Waals surface area contributed by atoms with Crippen LogP contribution < -0.4 is 10.9 Å². The monoisotopic (exact) mass is 411 g/mol. The summed E-state index contributed by atoms with van der Waals surface area (Å²) in [7, 11) is 0. The van der Waals surface area contributed by atoms with E-state index < -0.39 is 18.0 Å². The highest BCUT2D eigenvalue weighted by molar-refractivity contribution is 7.17. The van der Waals surface area contributed by atoms with Crippen LogP contribution in [0.2, 0.25) is 0 Å². The van der Waals surface area contributed by atoms with E-state index in [1.807, 2.05) is 36.6 Å². The number of nitrogens with zero attached hydrogens (tertiary/aromatic N) is 2. The predicted octanol–water partition coefficient (Wildman–Crippen LogP) is 2.67. The molecule has 0 aliphatic carbocycles. The molecule has 0 radical (unpaired) electrons. The highest BCUT2D eigenvalue weighted by Crippen LogP contribution is 2.30. The van der Waals surface area contributed by atoms with Gasteiger partial charge in [0.05, 0.1) is 11.7 Å². The zero-order valence-electron chi connectivity index (χ0n) is 16.2. The lowest BCUT2D eigenvalue weighted by molar-refractivity contribution is -0.155. The number of carbonyl (C=O) groups is 2. The average molecular weight is 411 g/mol. The molecule has 0 unspecified atom stereocenters. The minimum atomic E-state index is -0.973. The first-order valence-electron chi connectivity index (χ1n) is 9.02. The lowest BCUT2D eigenvalue weighted by Gasteiger charge is -2.13. The summed E-state index contributed by atoms with van der Waals surface area (Å²) in [5.74, 6) is -1.12. The van der Waals surface area contributed by atoms with Crippen molar-refractivity contribution in [3.63, 3.8) is 0 Å². The number of aryl methyl sites for hydroxylation is 1. The first-order valence-corrected chi connectivity index (χ1v) is 9.90. The summed E-state index contributed by atoms with van der Waals surface area (Å²) in [4.78, 5) is 41.9. The van der Waals surface area contributed by atoms with Crippen LogP contribution in [0.25, 0.3) is 21.3 Å². The molecule has 29 heavy (non-hydrogen) atoms. The van der Waals surface area contributed by atoms with Crippen molar-refractivity contribution >= 4 is 33.4 Å². The fraction of sp³-hybridized carbons (Fsp3) is 0.238. The highest BCUT2D eigenvalue weighted by Gasteiger charge is 2.19. The number of benzene rings is 1. The smallest absolute Gasteiger partial charge is 0.326 e. The van der Waals surface area contributed by atoms with Crippen molar-refractivity contribution in [1.29, 1.82) is 0 Å². The van der Waals surface area contributed by atoms with Crippen molar-refractivity contribution in [2.75, 3.05) is 6.54 Å². The molecule has 1 atom stereocenters. The third-order valence-electron chi connectivity index (χ3n) is 4.32. The van der Waals surface area contributed by atoms with Crippen LogP contribution >= 0.6 is 11.3 Å². The van der Waals surface area contributed by atoms with Gasteiger partial charge in [-0.15, -0.1) is 17.9 Å². The minimum Gasteiger partial charge on any atom is -0.451 e. The van der Waals surface area contributed by atoms with Crippen LogP contribution in [0.15, 0.2) is 53.4 Å². The number of thiophene rings is 1. The molecule has 1 amide bonds. The van der Waals surface area contributed by atoms with E-state index in [2.05, 4.69) is 16.9 Å². The number of ether oxygens (including phenoxy) is 1. The molecule has 7 nitrogen and oxygen atoms in total. The van der Waals surface area contributed by atoms with Crippen LogP contribution in [-0.2, 0) is 20.9 Å². The van der Waals surface area contributed by atoms with Gasteiger partial charge in [-0.1, -0.05) is 35.9 Å². The van der Waals surface area contributed by atoms with Gasteiger partial charge in [-0.2, -0.15) is 0 Å². The first-order chi connectivity index (χ1) is 13.9. The molecule has 2 aromatic heterocycles. The molecule has 0 saturated heterocycles. The predicted molar refractivity (Wildman–Crippen MR) is 113 cm³/mol. The number of fused-ring (bicyclic) bond motifs is 1. The number of esters is 1. The van der Waals surface area contributed by atoms with E-state index in [-0.39, 0.29) is 18.6 Å². The minimum absolute atomic E-state index is 0.278. The highest BCUT2D eigenvalue weighted by atomic mass is 32.1. The number of aromatic nitrogens is 2. The van der Waals surface area contributed by atoms with Crippen molar-refractivity contribution in [3.8, 4) is 11.1 Å². The molecular formula is C21H21N3O4S. The van der Waals surface area contributed by atoms with E-state index in [9.17, 15) is 14.4 Å². The second kappa shape index (κ2) is 8.83. The quantitative estimate of drug-likeness (QED) is 0.477. The van der Waals surface area contributed by atoms with Gasteiger partial charge in [0.25, 0.3) is 11.5 Å². The first kappa shape index (κ1) is 20.5. The fourth-order valence-corrected chi connectivity index (χ4v) is 3.68. The topological polar surface area (TPSA) is 90.3 Å². The van der Waals surface area contributed by atoms with Gasteiger partial charge < -0.3 is 10.1 Å². The average Bonchev–Trinajstić information content (AvgIpc) is 3.13. The molecule has 150 valence electrons. The van der Waals surface area contributed by atoms with Gasteiger partial charge in [0.2, 0.25) is 0 Å². The van der Waals surface area contributed by atoms with Crippen molar-refractivity contribution in [1.82, 2.24) is 14.9 Å². The van der Waals surface area contributed by atoms with Crippen molar-refractivity contribution in [2.24, 2.45) is 0 Å². The van der Waals surface area contributed by atoms with E-state index in [4.69, 9.17) is 4.74 Å². The summed E-state index contributed by atoms with van der Waals surface area (Å²) in [5, 5.41) is 4.90. The summed E-state index contributed by atoms with van der Waals surface area (Å²) in [6.07, 6.45) is 1.88. The maximum absolute atomic E-state index is 13.0. The standard InChI is InChI=1S/C21H21N3O4S/c1-4-9-22-19(26)14(3)28-17(25)10-24-12-23-20-18(21(24)27)16(11-29-20)15-7-5-13(2)6-8-15/h4-8,11-12,14H,1,9-10H2,2-3H3,(H,22,26)/t14-/m0/s1. The lowest BCUT2D eigenvalue weighted by Crippen LogP contribution is -2.37. The Morgan fingerprint density at radius 1 is 1.34 bits per heavy atom. The second-order valence-corrected chi connectivity index (χ2v) is 7.40. The summed E-state index contributed by atoms with van der Waals surface area (Å²) in [5.41, 5.74) is 2.49. The number of nitrogens with one attached hydrogen (secondary N) is 1. The number of hydrogen-bond donors (Lipinski definition) is 1. The van der Waals surface area contributed by atoms with E-state index in [1.54, 1.807) is 0 Å². The number of carbonyl (C=O) groups excluding carboxylic acids is 2. The maximum Gasteiger partial charge on any atom is 0.326 e. The van der Waals surface area contributed by atoms with E-state index in [0.717, 1.165) is 16.7 Å². The second-order valence-electron chi connectivity index (χ2n) is 6.54. The zero-order valence-corrected chi connectivity index (χ0v) is 17.0. The summed E-state index contributed by atoms with van der Waals surface area (Å²) in [6.45, 7) is 6.92. The third-order valence-corrected chi connectivity index (χ3v) is 5.21. The number of amides is 1. The van der Waals surface area contributed by atoms with Crippen molar-refractivity contribution < 1.29 is 14.3 Å². The van der Waals surface area contributed by atoms with Crippen molar-refractivity contribution in [2.45, 2.75) is 26.5 Å². The van der Waals surface area contributed by atoms with Gasteiger partial charge in [-0.05, 0) is 19.4 Å². The Kier molecular flexibility index (Phi) is 6.23. The Hall–Kier alpha value is -3.26.